The first-order valence-electron chi connectivity index (χ1n) is 10.7. The average Bonchev–Trinajstić information content (AvgIpc) is 3.05. The molecule has 9 heteroatoms. The second-order valence-electron chi connectivity index (χ2n) is 9.49. The number of Topliss-reactive ketones (excluding diaryl/α,β-unsaturated/α-hetero) is 1. The number of nitrogens with zero attached hydrogens (tertiary/aromatic N) is 3. The first kappa shape index (κ1) is 21.4. The number of nitro groups is 1. The average molecular weight is 455 g/mol. The molecule has 1 aliphatic carbocycles. The van der Waals surface area contributed by atoms with Crippen LogP contribution >= 0.6 is 0 Å². The molecule has 0 fully saturated rings. The van der Waals surface area contributed by atoms with Crippen LogP contribution in [-0.2, 0) is 15.0 Å². The lowest BCUT2D eigenvalue weighted by Crippen LogP contribution is -2.52. The van der Waals surface area contributed by atoms with E-state index in [0.29, 0.717) is 29.1 Å². The van der Waals surface area contributed by atoms with Crippen molar-refractivity contribution in [3.8, 4) is 6.07 Å². The number of rotatable bonds is 2. The summed E-state index contributed by atoms with van der Waals surface area (Å²) in [4.78, 5) is 39.6. The first-order chi connectivity index (χ1) is 16.1. The molecule has 9 nitrogen and oxygen atoms in total. The number of nitrogens with two attached hydrogens (primary N) is 1. The molecule has 0 bridgehead atoms. The van der Waals surface area contributed by atoms with Crippen LogP contribution in [0.3, 0.4) is 0 Å². The molecule has 170 valence electrons. The number of non-ortho nitro benzene ring substituents is 1. The number of benzene rings is 2. The molecule has 0 saturated heterocycles. The topological polar surface area (TPSA) is 142 Å². The molecule has 0 saturated carbocycles. The monoisotopic (exact) mass is 455 g/mol. The number of hydrogen-bond acceptors (Lipinski definition) is 7. The molecule has 1 spiro atoms. The van der Waals surface area contributed by atoms with Crippen molar-refractivity contribution in [1.29, 1.82) is 5.26 Å². The second-order valence-corrected chi connectivity index (χ2v) is 9.49. The Balaban J connectivity index is 1.85. The first-order valence-corrected chi connectivity index (χ1v) is 10.7. The molecule has 1 unspecified atom stereocenters. The Kier molecular flexibility index (Phi) is 4.42. The summed E-state index contributed by atoms with van der Waals surface area (Å²) >= 11 is 0. The Morgan fingerprint density at radius 2 is 1.79 bits per heavy atom. The van der Waals surface area contributed by atoms with Gasteiger partial charge in [0.15, 0.2) is 5.78 Å². The molecule has 5 rings (SSSR count). The fraction of sp³-hybridized carbons (Fsp3) is 0.240. The highest BCUT2D eigenvalue weighted by molar-refractivity contribution is 6.20. The lowest BCUT2D eigenvalue weighted by atomic mass is 9.61. The zero-order valence-electron chi connectivity index (χ0n) is 18.6. The lowest BCUT2D eigenvalue weighted by molar-refractivity contribution is -0.384. The Morgan fingerprint density at radius 1 is 1.12 bits per heavy atom. The van der Waals surface area contributed by atoms with Gasteiger partial charge >= 0.3 is 0 Å². The number of carbonyl (C=O) groups is 2. The van der Waals surface area contributed by atoms with Crippen molar-refractivity contribution in [1.82, 2.24) is 0 Å². The Morgan fingerprint density at radius 3 is 2.44 bits per heavy atom. The van der Waals surface area contributed by atoms with Crippen molar-refractivity contribution in [2.75, 3.05) is 10.2 Å². The number of anilines is 2. The van der Waals surface area contributed by atoms with Gasteiger partial charge in [-0.1, -0.05) is 32.0 Å². The number of fused-ring (bicyclic) bond motifs is 3. The van der Waals surface area contributed by atoms with Gasteiger partial charge in [0.1, 0.15) is 17.3 Å². The van der Waals surface area contributed by atoms with Crippen molar-refractivity contribution in [3.05, 3.63) is 86.9 Å². The van der Waals surface area contributed by atoms with Crippen LogP contribution in [-0.4, -0.2) is 16.6 Å². The molecule has 2 aromatic rings. The minimum Gasteiger partial charge on any atom is -0.384 e. The van der Waals surface area contributed by atoms with Crippen molar-refractivity contribution >= 4 is 28.8 Å². The highest BCUT2D eigenvalue weighted by Crippen LogP contribution is 2.57. The summed E-state index contributed by atoms with van der Waals surface area (Å²) < 4.78 is 0. The van der Waals surface area contributed by atoms with Crippen LogP contribution in [0.15, 0.2) is 71.2 Å². The standard InChI is InChI=1S/C25H21N5O4/c1-24(2)11-19-21(20(31)12-24)25(16-5-3-4-6-18(16)28-23(25)32)17(13-26)22(27)29(19)14-7-9-15(10-8-14)30(33)34/h3-10H,11-12,27H2,1-2H3,(H,28,32). The van der Waals surface area contributed by atoms with Gasteiger partial charge in [-0.05, 0) is 30.0 Å². The third-order valence-corrected chi connectivity index (χ3v) is 6.72. The van der Waals surface area contributed by atoms with E-state index in [-0.39, 0.29) is 34.9 Å². The maximum atomic E-state index is 13.7. The van der Waals surface area contributed by atoms with E-state index in [4.69, 9.17) is 5.73 Å². The number of ketones is 1. The van der Waals surface area contributed by atoms with Crippen LogP contribution in [0.25, 0.3) is 0 Å². The Bertz CT molecular complexity index is 1400. The van der Waals surface area contributed by atoms with Gasteiger partial charge < -0.3 is 11.1 Å². The number of allylic oxidation sites excluding steroid dienone is 1. The van der Waals surface area contributed by atoms with Crippen molar-refractivity contribution < 1.29 is 14.5 Å². The fourth-order valence-electron chi connectivity index (χ4n) is 5.39. The van der Waals surface area contributed by atoms with Crippen LogP contribution in [0, 0.1) is 26.9 Å². The summed E-state index contributed by atoms with van der Waals surface area (Å²) in [6.45, 7) is 3.91. The molecular formula is C25H21N5O4. The number of hydrogen-bond donors (Lipinski definition) is 2. The molecule has 0 aromatic heterocycles. The van der Waals surface area contributed by atoms with Crippen molar-refractivity contribution in [2.45, 2.75) is 32.1 Å². The number of nitrogens with one attached hydrogen (secondary N) is 1. The van der Waals surface area contributed by atoms with Crippen LogP contribution in [0.2, 0.25) is 0 Å². The fourth-order valence-corrected chi connectivity index (χ4v) is 5.39. The molecule has 1 atom stereocenters. The minimum atomic E-state index is -1.64. The Labute approximate surface area is 195 Å². The summed E-state index contributed by atoms with van der Waals surface area (Å²) in [6, 6.07) is 14.8. The largest absolute Gasteiger partial charge is 0.384 e. The summed E-state index contributed by atoms with van der Waals surface area (Å²) in [5.41, 5.74) is 6.67. The van der Waals surface area contributed by atoms with Gasteiger partial charge in [-0.25, -0.2) is 0 Å². The van der Waals surface area contributed by atoms with Gasteiger partial charge in [0.05, 0.1) is 10.5 Å². The summed E-state index contributed by atoms with van der Waals surface area (Å²) in [7, 11) is 0. The van der Waals surface area contributed by atoms with Gasteiger partial charge in [-0.15, -0.1) is 0 Å². The second kappa shape index (κ2) is 7.02. The maximum Gasteiger partial charge on any atom is 0.269 e. The van der Waals surface area contributed by atoms with E-state index in [2.05, 4.69) is 11.4 Å². The van der Waals surface area contributed by atoms with Crippen LogP contribution < -0.4 is 16.0 Å². The number of amides is 1. The van der Waals surface area contributed by atoms with E-state index < -0.39 is 21.7 Å². The highest BCUT2D eigenvalue weighted by atomic mass is 16.6. The molecule has 3 aliphatic rings. The maximum absolute atomic E-state index is 13.7. The van der Waals surface area contributed by atoms with E-state index in [9.17, 15) is 25.0 Å². The zero-order valence-corrected chi connectivity index (χ0v) is 18.6. The molecular weight excluding hydrogens is 434 g/mol. The van der Waals surface area contributed by atoms with Gasteiger partial charge in [-0.2, -0.15) is 5.26 Å². The smallest absolute Gasteiger partial charge is 0.269 e. The van der Waals surface area contributed by atoms with Gasteiger partial charge in [0, 0.05) is 46.8 Å². The highest BCUT2D eigenvalue weighted by Gasteiger charge is 2.61. The van der Waals surface area contributed by atoms with Gasteiger partial charge in [-0.3, -0.25) is 24.6 Å². The SMILES string of the molecule is CC1(C)CC(=O)C2=C(C1)N(c1ccc([N+](=O)[O-])cc1)C(N)=C(C#N)C21C(=O)Nc2ccccc21. The summed E-state index contributed by atoms with van der Waals surface area (Å²) in [6.07, 6.45) is 0.622. The number of nitriles is 1. The van der Waals surface area contributed by atoms with Crippen LogP contribution in [0.5, 0.6) is 0 Å². The van der Waals surface area contributed by atoms with E-state index in [0.717, 1.165) is 0 Å². The third kappa shape index (κ3) is 2.72. The molecule has 3 N–H and O–H groups in total. The lowest BCUT2D eigenvalue weighted by Gasteiger charge is -2.46. The quantitative estimate of drug-likeness (QED) is 0.520. The number of carbonyl (C=O) groups excluding carboxylic acids is 2. The number of para-hydroxylation sites is 1. The molecule has 1 amide bonds. The molecule has 0 radical (unpaired) electrons. The van der Waals surface area contributed by atoms with Crippen molar-refractivity contribution in [3.63, 3.8) is 0 Å². The normalized spacial score (nSPS) is 22.9. The Hall–Kier alpha value is -4.45. The predicted molar refractivity (Wildman–Crippen MR) is 124 cm³/mol. The van der Waals surface area contributed by atoms with E-state index >= 15 is 0 Å². The summed E-state index contributed by atoms with van der Waals surface area (Å²) in [5.74, 6) is -0.699. The van der Waals surface area contributed by atoms with E-state index in [1.807, 2.05) is 13.8 Å². The van der Waals surface area contributed by atoms with Crippen molar-refractivity contribution in [2.24, 2.45) is 11.1 Å². The third-order valence-electron chi connectivity index (χ3n) is 6.72. The van der Waals surface area contributed by atoms with Gasteiger partial charge in [0.2, 0.25) is 5.91 Å². The minimum absolute atomic E-state index is 0.0208. The van der Waals surface area contributed by atoms with Crippen LogP contribution in [0.4, 0.5) is 17.1 Å². The molecule has 34 heavy (non-hydrogen) atoms. The van der Waals surface area contributed by atoms with Crippen LogP contribution in [0.1, 0.15) is 32.3 Å². The van der Waals surface area contributed by atoms with Gasteiger partial charge in [0.25, 0.3) is 5.69 Å². The van der Waals surface area contributed by atoms with E-state index in [1.54, 1.807) is 29.2 Å². The van der Waals surface area contributed by atoms with E-state index in [1.165, 1.54) is 24.3 Å². The summed E-state index contributed by atoms with van der Waals surface area (Å²) in [5, 5.41) is 24.3. The zero-order chi connectivity index (χ0) is 24.4. The molecule has 2 heterocycles. The number of nitro benzene ring substituents is 1. The molecule has 2 aliphatic heterocycles. The molecule has 2 aromatic carbocycles. The predicted octanol–water partition coefficient (Wildman–Crippen LogP) is 3.64.